The van der Waals surface area contributed by atoms with Crippen LogP contribution in [0.15, 0.2) is 24.3 Å². The molecule has 1 N–H and O–H groups in total. The summed E-state index contributed by atoms with van der Waals surface area (Å²) in [4.78, 5) is 0. The second kappa shape index (κ2) is 5.61. The number of rotatable bonds is 2. The molecule has 2 rings (SSSR count). The minimum absolute atomic E-state index is 0.0174. The third kappa shape index (κ3) is 3.26. The maximum absolute atomic E-state index is 12.2. The van der Waals surface area contributed by atoms with Crippen LogP contribution < -0.4 is 4.72 Å². The lowest BCUT2D eigenvalue weighted by Gasteiger charge is -2.28. The van der Waals surface area contributed by atoms with E-state index in [0.717, 1.165) is 13.0 Å². The van der Waals surface area contributed by atoms with Crippen LogP contribution in [0.5, 0.6) is 0 Å². The van der Waals surface area contributed by atoms with E-state index in [1.807, 2.05) is 32.9 Å². The zero-order valence-corrected chi connectivity index (χ0v) is 12.0. The largest absolute Gasteiger partial charge is 0.598 e. The Labute approximate surface area is 112 Å². The highest BCUT2D eigenvalue weighted by Crippen LogP contribution is 2.25. The highest BCUT2D eigenvalue weighted by molar-refractivity contribution is 7.90. The van der Waals surface area contributed by atoms with Gasteiger partial charge in [0, 0.05) is 11.4 Å². The second-order valence-electron chi connectivity index (χ2n) is 5.58. The molecule has 0 saturated heterocycles. The van der Waals surface area contributed by atoms with E-state index in [1.54, 1.807) is 0 Å². The van der Waals surface area contributed by atoms with Gasteiger partial charge in [-0.15, -0.1) is 4.72 Å². The summed E-state index contributed by atoms with van der Waals surface area (Å²) in [7, 11) is 0. The average Bonchev–Trinajstić information content (AvgIpc) is 2.51. The molecule has 0 aromatic heterocycles. The van der Waals surface area contributed by atoms with Crippen molar-refractivity contribution in [3.05, 3.63) is 35.4 Å². The second-order valence-corrected chi connectivity index (χ2v) is 7.57. The van der Waals surface area contributed by atoms with Crippen molar-refractivity contribution in [2.45, 2.75) is 38.0 Å². The Morgan fingerprint density at radius 2 is 2.06 bits per heavy atom. The maximum Gasteiger partial charge on any atom is 0.136 e. The van der Waals surface area contributed by atoms with Gasteiger partial charge in [-0.25, -0.2) is 0 Å². The van der Waals surface area contributed by atoms with E-state index in [9.17, 15) is 4.55 Å². The number of nitrogens with one attached hydrogen (secondary N) is 1. The number of benzene rings is 1. The lowest BCUT2D eigenvalue weighted by molar-refractivity contribution is 0.127. The lowest BCUT2D eigenvalue weighted by Crippen LogP contribution is -2.42. The quantitative estimate of drug-likeness (QED) is 0.837. The molecule has 3 nitrogen and oxygen atoms in total. The Morgan fingerprint density at radius 1 is 1.33 bits per heavy atom. The number of ether oxygens (including phenoxy) is 1. The molecule has 0 aliphatic carbocycles. The first-order valence-corrected chi connectivity index (χ1v) is 7.47. The molecule has 0 radical (unpaired) electrons. The van der Waals surface area contributed by atoms with E-state index >= 15 is 0 Å². The van der Waals surface area contributed by atoms with Crippen molar-refractivity contribution in [1.29, 1.82) is 0 Å². The molecule has 0 bridgehead atoms. The first-order valence-electron chi connectivity index (χ1n) is 6.32. The molecule has 0 saturated carbocycles. The van der Waals surface area contributed by atoms with Gasteiger partial charge in [-0.05, 0) is 38.3 Å². The molecule has 2 atom stereocenters. The van der Waals surface area contributed by atoms with Gasteiger partial charge in [-0.2, -0.15) is 0 Å². The molecule has 100 valence electrons. The monoisotopic (exact) mass is 267 g/mol. The summed E-state index contributed by atoms with van der Waals surface area (Å²) in [6.07, 6.45) is 0.927. The van der Waals surface area contributed by atoms with Crippen LogP contribution in [0.2, 0.25) is 0 Å². The van der Waals surface area contributed by atoms with E-state index in [-0.39, 0.29) is 10.8 Å². The molecule has 1 aliphatic heterocycles. The topological polar surface area (TPSA) is 44.3 Å². The van der Waals surface area contributed by atoms with Gasteiger partial charge in [0.2, 0.25) is 0 Å². The number of hydrogen-bond donors (Lipinski definition) is 1. The predicted molar refractivity (Wildman–Crippen MR) is 74.7 cm³/mol. The van der Waals surface area contributed by atoms with E-state index in [1.165, 1.54) is 11.1 Å². The zero-order chi connectivity index (χ0) is 13.2. The van der Waals surface area contributed by atoms with Gasteiger partial charge in [0.1, 0.15) is 10.8 Å². The molecule has 0 fully saturated rings. The van der Waals surface area contributed by atoms with E-state index in [0.29, 0.717) is 6.61 Å². The third-order valence-electron chi connectivity index (χ3n) is 3.04. The Kier molecular flexibility index (Phi) is 4.33. The standard InChI is InChI=1S/C14H21NO2S/c1-14(2,3)18(16)15-13-10-17-9-8-11-6-4-5-7-12(11)13/h4-7,13,15H,8-10H2,1-3H3/t13-,18?/m0/s1. The van der Waals surface area contributed by atoms with Crippen molar-refractivity contribution in [3.63, 3.8) is 0 Å². The van der Waals surface area contributed by atoms with Crippen LogP contribution >= 0.6 is 0 Å². The fourth-order valence-electron chi connectivity index (χ4n) is 1.98. The molecule has 1 aromatic rings. The highest BCUT2D eigenvalue weighted by atomic mass is 32.2. The third-order valence-corrected chi connectivity index (χ3v) is 4.65. The molecule has 1 heterocycles. The van der Waals surface area contributed by atoms with Gasteiger partial charge in [-0.3, -0.25) is 0 Å². The summed E-state index contributed by atoms with van der Waals surface area (Å²) in [5, 5.41) is 0. The van der Waals surface area contributed by atoms with Crippen LogP contribution in [-0.2, 0) is 22.5 Å². The Balaban J connectivity index is 2.18. The van der Waals surface area contributed by atoms with Crippen LogP contribution in [-0.4, -0.2) is 22.5 Å². The normalized spacial score (nSPS) is 22.1. The zero-order valence-electron chi connectivity index (χ0n) is 11.2. The summed E-state index contributed by atoms with van der Waals surface area (Å²) in [5.74, 6) is 0. The molecule has 1 aliphatic rings. The molecule has 1 unspecified atom stereocenters. The summed E-state index contributed by atoms with van der Waals surface area (Å²) in [6, 6.07) is 8.31. The number of fused-ring (bicyclic) bond motifs is 1. The Morgan fingerprint density at radius 3 is 2.78 bits per heavy atom. The Hall–Kier alpha value is -0.550. The fourth-order valence-corrected chi connectivity index (χ4v) is 2.79. The fraction of sp³-hybridized carbons (Fsp3) is 0.571. The van der Waals surface area contributed by atoms with E-state index < -0.39 is 11.4 Å². The molecule has 0 amide bonds. The molecule has 1 aromatic carbocycles. The van der Waals surface area contributed by atoms with Gasteiger partial charge in [0.25, 0.3) is 0 Å². The van der Waals surface area contributed by atoms with E-state index in [2.05, 4.69) is 16.9 Å². The van der Waals surface area contributed by atoms with Crippen molar-refractivity contribution in [3.8, 4) is 0 Å². The Bertz CT molecular complexity index is 403. The molecular weight excluding hydrogens is 246 g/mol. The highest BCUT2D eigenvalue weighted by Gasteiger charge is 2.31. The minimum atomic E-state index is -1.08. The number of hydrogen-bond acceptors (Lipinski definition) is 3. The van der Waals surface area contributed by atoms with Crippen LogP contribution in [0, 0.1) is 0 Å². The van der Waals surface area contributed by atoms with Crippen molar-refractivity contribution >= 4 is 11.4 Å². The summed E-state index contributed by atoms with van der Waals surface area (Å²) < 4.78 is 20.7. The molecule has 0 spiro atoms. The van der Waals surface area contributed by atoms with Gasteiger partial charge in [-0.1, -0.05) is 24.3 Å². The maximum atomic E-state index is 12.2. The minimum Gasteiger partial charge on any atom is -0.598 e. The van der Waals surface area contributed by atoms with Crippen LogP contribution in [0.3, 0.4) is 0 Å². The van der Waals surface area contributed by atoms with Crippen molar-refractivity contribution in [1.82, 2.24) is 4.72 Å². The summed E-state index contributed by atoms with van der Waals surface area (Å²) in [6.45, 7) is 7.23. The average molecular weight is 267 g/mol. The van der Waals surface area contributed by atoms with Crippen LogP contribution in [0.1, 0.15) is 37.9 Å². The van der Waals surface area contributed by atoms with Crippen molar-refractivity contribution < 1.29 is 9.29 Å². The molecule has 18 heavy (non-hydrogen) atoms. The predicted octanol–water partition coefficient (Wildman–Crippen LogP) is 2.35. The lowest BCUT2D eigenvalue weighted by atomic mass is 10.0. The van der Waals surface area contributed by atoms with Crippen LogP contribution in [0.25, 0.3) is 0 Å². The first-order chi connectivity index (χ1) is 8.48. The van der Waals surface area contributed by atoms with Gasteiger partial charge >= 0.3 is 0 Å². The van der Waals surface area contributed by atoms with Crippen molar-refractivity contribution in [2.75, 3.05) is 13.2 Å². The van der Waals surface area contributed by atoms with Crippen LogP contribution in [0.4, 0.5) is 0 Å². The van der Waals surface area contributed by atoms with Gasteiger partial charge < -0.3 is 9.29 Å². The van der Waals surface area contributed by atoms with Crippen molar-refractivity contribution in [2.24, 2.45) is 0 Å². The SMILES string of the molecule is CC(C)(C)[S+]([O-])N[C@H]1COCCc2ccccc21. The summed E-state index contributed by atoms with van der Waals surface area (Å²) in [5.41, 5.74) is 2.51. The van der Waals surface area contributed by atoms with Gasteiger partial charge in [0.05, 0.1) is 13.2 Å². The summed E-state index contributed by atoms with van der Waals surface area (Å²) >= 11 is -1.08. The smallest absolute Gasteiger partial charge is 0.136 e. The van der Waals surface area contributed by atoms with Gasteiger partial charge in [0.15, 0.2) is 0 Å². The first kappa shape index (κ1) is 13.9. The molecular formula is C14H21NO2S. The van der Waals surface area contributed by atoms with E-state index in [4.69, 9.17) is 4.74 Å². The molecule has 4 heteroatoms.